The molecule has 1 unspecified atom stereocenters. The zero-order valence-corrected chi connectivity index (χ0v) is 9.90. The lowest BCUT2D eigenvalue weighted by Crippen LogP contribution is -2.12. The molecule has 0 saturated carbocycles. The highest BCUT2D eigenvalue weighted by Crippen LogP contribution is 2.20. The van der Waals surface area contributed by atoms with Crippen molar-refractivity contribution < 1.29 is 14.6 Å². The van der Waals surface area contributed by atoms with Crippen LogP contribution in [0.5, 0.6) is 0 Å². The van der Waals surface area contributed by atoms with E-state index in [1.807, 2.05) is 19.1 Å². The first-order valence-corrected chi connectivity index (χ1v) is 5.37. The summed E-state index contributed by atoms with van der Waals surface area (Å²) in [5, 5.41) is 8.50. The largest absolute Gasteiger partial charge is 0.480 e. The van der Waals surface area contributed by atoms with Crippen molar-refractivity contribution >= 4 is 21.9 Å². The van der Waals surface area contributed by atoms with Gasteiger partial charge in [-0.25, -0.2) is 4.79 Å². The molecule has 1 N–H and O–H groups in total. The van der Waals surface area contributed by atoms with Gasteiger partial charge in [-0.1, -0.05) is 6.92 Å². The maximum atomic E-state index is 10.4. The molecule has 1 aromatic heterocycles. The first-order chi connectivity index (χ1) is 7.13. The zero-order valence-electron chi connectivity index (χ0n) is 8.31. The zero-order chi connectivity index (χ0) is 11.3. The standard InChI is InChI=1S/C10H12BrNO3/c1-2-9(15-6-10(13)14)8-4-3-7(11)5-12-8/h3-5,9H,2,6H2,1H3,(H,13,14). The number of carboxylic acid groups (broad SMARTS) is 1. The summed E-state index contributed by atoms with van der Waals surface area (Å²) in [6.45, 7) is 1.63. The molecular weight excluding hydrogens is 262 g/mol. The maximum absolute atomic E-state index is 10.4. The molecule has 0 aliphatic carbocycles. The molecule has 15 heavy (non-hydrogen) atoms. The first-order valence-electron chi connectivity index (χ1n) is 4.58. The second-order valence-corrected chi connectivity index (χ2v) is 3.92. The molecule has 5 heteroatoms. The average molecular weight is 274 g/mol. The highest BCUT2D eigenvalue weighted by atomic mass is 79.9. The number of pyridine rings is 1. The van der Waals surface area contributed by atoms with Gasteiger partial charge in [-0.15, -0.1) is 0 Å². The Bertz CT molecular complexity index is 326. The molecule has 1 atom stereocenters. The molecule has 4 nitrogen and oxygen atoms in total. The molecule has 0 saturated heterocycles. The van der Waals surface area contributed by atoms with Crippen LogP contribution in [0.1, 0.15) is 25.1 Å². The van der Waals surface area contributed by atoms with E-state index in [4.69, 9.17) is 9.84 Å². The summed E-state index contributed by atoms with van der Waals surface area (Å²) in [6.07, 6.45) is 2.11. The Hall–Kier alpha value is -0.940. The molecule has 0 aromatic carbocycles. The van der Waals surface area contributed by atoms with Crippen molar-refractivity contribution in [2.45, 2.75) is 19.4 Å². The van der Waals surface area contributed by atoms with Crippen LogP contribution in [0.15, 0.2) is 22.8 Å². The van der Waals surface area contributed by atoms with Crippen molar-refractivity contribution in [3.63, 3.8) is 0 Å². The third kappa shape index (κ3) is 3.97. The van der Waals surface area contributed by atoms with Crippen molar-refractivity contribution in [2.75, 3.05) is 6.61 Å². The van der Waals surface area contributed by atoms with E-state index in [1.54, 1.807) is 6.20 Å². The van der Waals surface area contributed by atoms with Crippen LogP contribution in [0.4, 0.5) is 0 Å². The van der Waals surface area contributed by atoms with Crippen molar-refractivity contribution in [3.8, 4) is 0 Å². The number of nitrogens with zero attached hydrogens (tertiary/aromatic N) is 1. The molecule has 1 heterocycles. The molecule has 0 spiro atoms. The summed E-state index contributed by atoms with van der Waals surface area (Å²) in [5.41, 5.74) is 0.752. The van der Waals surface area contributed by atoms with E-state index >= 15 is 0 Å². The van der Waals surface area contributed by atoms with Gasteiger partial charge in [0.15, 0.2) is 0 Å². The fourth-order valence-corrected chi connectivity index (χ4v) is 1.40. The molecule has 1 aromatic rings. The van der Waals surface area contributed by atoms with E-state index < -0.39 is 5.97 Å². The Labute approximate surface area is 96.4 Å². The molecule has 0 bridgehead atoms. The van der Waals surface area contributed by atoms with Crippen LogP contribution in [0.25, 0.3) is 0 Å². The molecule has 82 valence electrons. The lowest BCUT2D eigenvalue weighted by atomic mass is 10.2. The predicted molar refractivity (Wildman–Crippen MR) is 58.6 cm³/mol. The third-order valence-electron chi connectivity index (χ3n) is 1.86. The molecule has 0 aliphatic heterocycles. The molecule has 0 aliphatic rings. The maximum Gasteiger partial charge on any atom is 0.329 e. The quantitative estimate of drug-likeness (QED) is 0.895. The minimum atomic E-state index is -0.967. The Kier molecular flexibility index (Phi) is 4.71. The normalized spacial score (nSPS) is 12.4. The third-order valence-corrected chi connectivity index (χ3v) is 2.33. The Morgan fingerprint density at radius 1 is 1.67 bits per heavy atom. The molecule has 0 radical (unpaired) electrons. The number of hydrogen-bond acceptors (Lipinski definition) is 3. The second-order valence-electron chi connectivity index (χ2n) is 3.00. The molecule has 0 fully saturated rings. The number of rotatable bonds is 5. The Morgan fingerprint density at radius 2 is 2.40 bits per heavy atom. The summed E-state index contributed by atoms with van der Waals surface area (Å²) in [7, 11) is 0. The van der Waals surface area contributed by atoms with Crippen molar-refractivity contribution in [1.82, 2.24) is 4.98 Å². The highest BCUT2D eigenvalue weighted by molar-refractivity contribution is 9.10. The van der Waals surface area contributed by atoms with Crippen LogP contribution >= 0.6 is 15.9 Å². The van der Waals surface area contributed by atoms with Crippen LogP contribution in [0, 0.1) is 0 Å². The van der Waals surface area contributed by atoms with E-state index in [-0.39, 0.29) is 12.7 Å². The van der Waals surface area contributed by atoms with E-state index in [0.29, 0.717) is 6.42 Å². The Morgan fingerprint density at radius 3 is 2.87 bits per heavy atom. The number of carbonyl (C=O) groups is 1. The van der Waals surface area contributed by atoms with Gasteiger partial charge < -0.3 is 9.84 Å². The van der Waals surface area contributed by atoms with Gasteiger partial charge in [-0.2, -0.15) is 0 Å². The lowest BCUT2D eigenvalue weighted by molar-refractivity contribution is -0.144. The molecular formula is C10H12BrNO3. The van der Waals surface area contributed by atoms with Gasteiger partial charge >= 0.3 is 5.97 Å². The predicted octanol–water partition coefficient (Wildman–Crippen LogP) is 2.40. The van der Waals surface area contributed by atoms with E-state index in [2.05, 4.69) is 20.9 Å². The minimum Gasteiger partial charge on any atom is -0.480 e. The summed E-state index contributed by atoms with van der Waals surface area (Å²) >= 11 is 3.28. The highest BCUT2D eigenvalue weighted by Gasteiger charge is 2.12. The van der Waals surface area contributed by atoms with Crippen molar-refractivity contribution in [2.24, 2.45) is 0 Å². The number of ether oxygens (including phenoxy) is 1. The smallest absolute Gasteiger partial charge is 0.329 e. The number of halogens is 1. The molecule has 0 amide bonds. The molecule has 1 rings (SSSR count). The topological polar surface area (TPSA) is 59.4 Å². The van der Waals surface area contributed by atoms with Gasteiger partial charge in [0.1, 0.15) is 6.61 Å². The van der Waals surface area contributed by atoms with Crippen molar-refractivity contribution in [3.05, 3.63) is 28.5 Å². The summed E-state index contributed by atoms with van der Waals surface area (Å²) < 4.78 is 6.09. The fraction of sp³-hybridized carbons (Fsp3) is 0.400. The number of hydrogen-bond donors (Lipinski definition) is 1. The summed E-state index contributed by atoms with van der Waals surface area (Å²) in [5.74, 6) is -0.967. The van der Waals surface area contributed by atoms with Gasteiger partial charge in [0, 0.05) is 10.7 Å². The minimum absolute atomic E-state index is 0.255. The number of aliphatic carboxylic acids is 1. The summed E-state index contributed by atoms with van der Waals surface area (Å²) in [4.78, 5) is 14.5. The van der Waals surface area contributed by atoms with E-state index in [9.17, 15) is 4.79 Å². The van der Waals surface area contributed by atoms with Crippen LogP contribution < -0.4 is 0 Å². The number of carboxylic acids is 1. The van der Waals surface area contributed by atoms with Gasteiger partial charge in [0.2, 0.25) is 0 Å². The summed E-state index contributed by atoms with van der Waals surface area (Å²) in [6, 6.07) is 3.68. The van der Waals surface area contributed by atoms with E-state index in [0.717, 1.165) is 10.2 Å². The van der Waals surface area contributed by atoms with Gasteiger partial charge in [-0.05, 0) is 34.5 Å². The SMILES string of the molecule is CCC(OCC(=O)O)c1ccc(Br)cn1. The van der Waals surface area contributed by atoms with Crippen molar-refractivity contribution in [1.29, 1.82) is 0 Å². The van der Waals surface area contributed by atoms with Crippen LogP contribution in [-0.4, -0.2) is 22.7 Å². The second kappa shape index (κ2) is 5.82. The lowest BCUT2D eigenvalue weighted by Gasteiger charge is -2.13. The van der Waals surface area contributed by atoms with Crippen LogP contribution in [0.3, 0.4) is 0 Å². The van der Waals surface area contributed by atoms with E-state index in [1.165, 1.54) is 0 Å². The van der Waals surface area contributed by atoms with Crippen LogP contribution in [-0.2, 0) is 9.53 Å². The van der Waals surface area contributed by atoms with Crippen LogP contribution in [0.2, 0.25) is 0 Å². The van der Waals surface area contributed by atoms with Gasteiger partial charge in [-0.3, -0.25) is 4.98 Å². The fourth-order valence-electron chi connectivity index (χ4n) is 1.16. The number of aromatic nitrogens is 1. The van der Waals surface area contributed by atoms with Gasteiger partial charge in [0.05, 0.1) is 11.8 Å². The first kappa shape index (κ1) is 12.1. The van der Waals surface area contributed by atoms with Gasteiger partial charge in [0.25, 0.3) is 0 Å². The Balaban J connectivity index is 2.65. The monoisotopic (exact) mass is 273 g/mol. The average Bonchev–Trinajstić information content (AvgIpc) is 2.21.